The van der Waals surface area contributed by atoms with Gasteiger partial charge in [-0.05, 0) is 41.1 Å². The van der Waals surface area contributed by atoms with Crippen molar-refractivity contribution in [2.75, 3.05) is 44.8 Å². The molecule has 1 aliphatic heterocycles. The minimum absolute atomic E-state index is 0.0746. The predicted octanol–water partition coefficient (Wildman–Crippen LogP) is 3.39. The second-order valence-corrected chi connectivity index (χ2v) is 7.17. The van der Waals surface area contributed by atoms with Gasteiger partial charge in [-0.2, -0.15) is 0 Å². The van der Waals surface area contributed by atoms with Gasteiger partial charge >= 0.3 is 0 Å². The second-order valence-electron chi connectivity index (χ2n) is 7.17. The summed E-state index contributed by atoms with van der Waals surface area (Å²) < 4.78 is 10.9. The molecule has 3 aromatic rings. The van der Waals surface area contributed by atoms with E-state index in [-0.39, 0.29) is 12.5 Å². The first-order chi connectivity index (χ1) is 14.7. The van der Waals surface area contributed by atoms with Gasteiger partial charge in [0.2, 0.25) is 0 Å². The zero-order chi connectivity index (χ0) is 20.9. The summed E-state index contributed by atoms with van der Waals surface area (Å²) in [6, 6.07) is 19.2. The lowest BCUT2D eigenvalue weighted by atomic mass is 10.0. The molecule has 3 aromatic carbocycles. The Kier molecular flexibility index (Phi) is 5.84. The molecule has 1 aliphatic rings. The van der Waals surface area contributed by atoms with Crippen molar-refractivity contribution in [3.63, 3.8) is 0 Å². The number of aldehydes is 1. The Balaban J connectivity index is 1.35. The molecule has 1 saturated heterocycles. The van der Waals surface area contributed by atoms with Gasteiger partial charge in [0, 0.05) is 31.9 Å². The highest BCUT2D eigenvalue weighted by Gasteiger charge is 2.22. The van der Waals surface area contributed by atoms with Crippen LogP contribution in [0.15, 0.2) is 60.7 Å². The number of hydrogen-bond donors (Lipinski definition) is 0. The Bertz CT molecular complexity index is 1040. The summed E-state index contributed by atoms with van der Waals surface area (Å²) in [6.07, 6.45) is 0.787. The lowest BCUT2D eigenvalue weighted by Crippen LogP contribution is -2.50. The van der Waals surface area contributed by atoms with E-state index in [1.165, 1.54) is 0 Å². The van der Waals surface area contributed by atoms with Gasteiger partial charge in [0.25, 0.3) is 5.91 Å². The monoisotopic (exact) mass is 404 g/mol. The van der Waals surface area contributed by atoms with E-state index in [9.17, 15) is 9.59 Å². The molecule has 30 heavy (non-hydrogen) atoms. The van der Waals surface area contributed by atoms with Crippen molar-refractivity contribution in [2.45, 2.75) is 0 Å². The van der Waals surface area contributed by atoms with Gasteiger partial charge in [0.15, 0.2) is 12.9 Å². The fourth-order valence-corrected chi connectivity index (χ4v) is 3.76. The minimum atomic E-state index is -0.0816. The zero-order valence-electron chi connectivity index (χ0n) is 16.9. The van der Waals surface area contributed by atoms with Crippen LogP contribution in [0.1, 0.15) is 10.4 Å². The van der Waals surface area contributed by atoms with Gasteiger partial charge in [-0.25, -0.2) is 0 Å². The minimum Gasteiger partial charge on any atom is -0.497 e. The molecular weight excluding hydrogens is 380 g/mol. The molecule has 0 radical (unpaired) electrons. The summed E-state index contributed by atoms with van der Waals surface area (Å²) >= 11 is 0. The summed E-state index contributed by atoms with van der Waals surface area (Å²) in [4.78, 5) is 28.3. The smallest absolute Gasteiger partial charge is 0.260 e. The molecule has 1 heterocycles. The third kappa shape index (κ3) is 4.08. The summed E-state index contributed by atoms with van der Waals surface area (Å²) in [5.74, 6) is 1.19. The molecule has 6 nitrogen and oxygen atoms in total. The van der Waals surface area contributed by atoms with Crippen LogP contribution >= 0.6 is 0 Å². The van der Waals surface area contributed by atoms with Crippen molar-refractivity contribution in [1.29, 1.82) is 0 Å². The van der Waals surface area contributed by atoms with Crippen molar-refractivity contribution in [3.8, 4) is 11.5 Å². The van der Waals surface area contributed by atoms with E-state index in [0.29, 0.717) is 24.4 Å². The first kappa shape index (κ1) is 19.8. The van der Waals surface area contributed by atoms with E-state index in [1.807, 2.05) is 59.5 Å². The average molecular weight is 404 g/mol. The van der Waals surface area contributed by atoms with Crippen LogP contribution in [0.4, 0.5) is 5.69 Å². The van der Waals surface area contributed by atoms with E-state index in [2.05, 4.69) is 4.90 Å². The number of ether oxygens (including phenoxy) is 2. The third-order valence-electron chi connectivity index (χ3n) is 5.47. The maximum absolute atomic E-state index is 12.6. The Morgan fingerprint density at radius 2 is 1.70 bits per heavy atom. The first-order valence-electron chi connectivity index (χ1n) is 9.96. The molecule has 4 rings (SSSR count). The maximum atomic E-state index is 12.6. The SMILES string of the molecule is COc1ccc(N2CCN(C(=O)COc3ccc4ccccc4c3C=O)CC2)cc1. The molecule has 0 unspecified atom stereocenters. The molecule has 0 spiro atoms. The fourth-order valence-electron chi connectivity index (χ4n) is 3.76. The number of amides is 1. The van der Waals surface area contributed by atoms with Gasteiger partial charge in [-0.3, -0.25) is 9.59 Å². The van der Waals surface area contributed by atoms with Crippen LogP contribution in [-0.2, 0) is 4.79 Å². The van der Waals surface area contributed by atoms with Gasteiger partial charge in [-0.15, -0.1) is 0 Å². The Hall–Kier alpha value is -3.54. The van der Waals surface area contributed by atoms with Crippen molar-refractivity contribution in [1.82, 2.24) is 4.90 Å². The lowest BCUT2D eigenvalue weighted by molar-refractivity contribution is -0.133. The number of carbonyl (C=O) groups is 2. The van der Waals surface area contributed by atoms with Crippen LogP contribution in [0.25, 0.3) is 10.8 Å². The average Bonchev–Trinajstić information content (AvgIpc) is 2.82. The van der Waals surface area contributed by atoms with Crippen molar-refractivity contribution in [3.05, 3.63) is 66.2 Å². The summed E-state index contributed by atoms with van der Waals surface area (Å²) in [5.41, 5.74) is 1.59. The maximum Gasteiger partial charge on any atom is 0.260 e. The van der Waals surface area contributed by atoms with Crippen molar-refractivity contribution < 1.29 is 19.1 Å². The molecule has 0 aliphatic carbocycles. The van der Waals surface area contributed by atoms with Crippen molar-refractivity contribution in [2.24, 2.45) is 0 Å². The van der Waals surface area contributed by atoms with Gasteiger partial charge in [0.05, 0.1) is 12.7 Å². The standard InChI is InChI=1S/C24H24N2O4/c1-29-20-9-7-19(8-10-20)25-12-14-26(15-13-25)24(28)17-30-23-11-6-18-4-2-3-5-21(18)22(23)16-27/h2-11,16H,12-15,17H2,1H3. The summed E-state index contributed by atoms with van der Waals surface area (Å²) in [7, 11) is 1.65. The highest BCUT2D eigenvalue weighted by atomic mass is 16.5. The molecule has 0 N–H and O–H groups in total. The Morgan fingerprint density at radius 3 is 2.40 bits per heavy atom. The molecule has 0 bridgehead atoms. The number of hydrogen-bond acceptors (Lipinski definition) is 5. The molecule has 0 aromatic heterocycles. The largest absolute Gasteiger partial charge is 0.497 e. The van der Waals surface area contributed by atoms with Crippen LogP contribution in [0.5, 0.6) is 11.5 Å². The van der Waals surface area contributed by atoms with Crippen LogP contribution in [0.2, 0.25) is 0 Å². The van der Waals surface area contributed by atoms with Gasteiger partial charge < -0.3 is 19.3 Å². The molecule has 6 heteroatoms. The molecule has 1 fully saturated rings. The highest BCUT2D eigenvalue weighted by molar-refractivity contribution is 6.00. The fraction of sp³-hybridized carbons (Fsp3) is 0.250. The number of anilines is 1. The van der Waals surface area contributed by atoms with Crippen LogP contribution in [-0.4, -0.2) is 57.0 Å². The van der Waals surface area contributed by atoms with E-state index in [4.69, 9.17) is 9.47 Å². The molecular formula is C24H24N2O4. The molecule has 0 atom stereocenters. The zero-order valence-corrected chi connectivity index (χ0v) is 16.9. The van der Waals surface area contributed by atoms with Crippen LogP contribution in [0.3, 0.4) is 0 Å². The number of piperazine rings is 1. The number of benzene rings is 3. The van der Waals surface area contributed by atoms with E-state index in [0.717, 1.165) is 41.6 Å². The van der Waals surface area contributed by atoms with Gasteiger partial charge in [0.1, 0.15) is 11.5 Å². The second kappa shape index (κ2) is 8.86. The normalized spacial score (nSPS) is 13.9. The summed E-state index contributed by atoms with van der Waals surface area (Å²) in [6.45, 7) is 2.70. The van der Waals surface area contributed by atoms with E-state index >= 15 is 0 Å². The Labute approximate surface area is 175 Å². The van der Waals surface area contributed by atoms with Crippen molar-refractivity contribution >= 4 is 28.7 Å². The van der Waals surface area contributed by atoms with Crippen LogP contribution in [0, 0.1) is 0 Å². The van der Waals surface area contributed by atoms with E-state index in [1.54, 1.807) is 13.2 Å². The first-order valence-corrected chi connectivity index (χ1v) is 9.96. The third-order valence-corrected chi connectivity index (χ3v) is 5.47. The quantitative estimate of drug-likeness (QED) is 0.590. The topological polar surface area (TPSA) is 59.1 Å². The van der Waals surface area contributed by atoms with Crippen LogP contribution < -0.4 is 14.4 Å². The number of rotatable bonds is 6. The number of nitrogens with zero attached hydrogens (tertiary/aromatic N) is 2. The molecule has 154 valence electrons. The van der Waals surface area contributed by atoms with E-state index < -0.39 is 0 Å². The molecule has 1 amide bonds. The number of carbonyl (C=O) groups excluding carboxylic acids is 2. The lowest BCUT2D eigenvalue weighted by Gasteiger charge is -2.36. The molecule has 0 saturated carbocycles. The highest BCUT2D eigenvalue weighted by Crippen LogP contribution is 2.27. The predicted molar refractivity (Wildman–Crippen MR) is 117 cm³/mol. The summed E-state index contributed by atoms with van der Waals surface area (Å²) in [5, 5.41) is 1.79. The van der Waals surface area contributed by atoms with Gasteiger partial charge in [-0.1, -0.05) is 30.3 Å². The Morgan fingerprint density at radius 1 is 0.967 bits per heavy atom. The number of methoxy groups -OCH3 is 1. The number of fused-ring (bicyclic) bond motifs is 1.